The lowest BCUT2D eigenvalue weighted by atomic mass is 9.95. The van der Waals surface area contributed by atoms with E-state index in [1.54, 1.807) is 6.07 Å². The Balaban J connectivity index is 1.36. The summed E-state index contributed by atoms with van der Waals surface area (Å²) in [7, 11) is 0. The lowest BCUT2D eigenvalue weighted by Crippen LogP contribution is -2.32. The van der Waals surface area contributed by atoms with E-state index in [9.17, 15) is 4.79 Å². The molecule has 2 aliphatic heterocycles. The van der Waals surface area contributed by atoms with Crippen LogP contribution in [0.1, 0.15) is 27.2 Å². The zero-order valence-electron chi connectivity index (χ0n) is 18.1. The van der Waals surface area contributed by atoms with Crippen LogP contribution in [0.15, 0.2) is 72.8 Å². The zero-order chi connectivity index (χ0) is 22.2. The van der Waals surface area contributed by atoms with Crippen LogP contribution in [0.3, 0.4) is 0 Å². The van der Waals surface area contributed by atoms with E-state index in [4.69, 9.17) is 14.5 Å². The Morgan fingerprint density at radius 1 is 0.970 bits per heavy atom. The van der Waals surface area contributed by atoms with Crippen molar-refractivity contribution < 1.29 is 14.3 Å². The average molecular weight is 437 g/mol. The molecule has 4 aromatic rings. The Morgan fingerprint density at radius 2 is 1.79 bits per heavy atom. The standard InChI is InChI=1S/C27H23N3O3/c31-27(28-19-10-11-24-25(14-19)33-17-32-24)26-20-8-4-5-9-22(20)29-23-12-13-30(16-21(23)26)15-18-6-2-1-3-7-18/h1-11,14H,12-13,15-17H2,(H,28,31). The van der Waals surface area contributed by atoms with E-state index in [1.807, 2.05) is 42.5 Å². The second-order valence-corrected chi connectivity index (χ2v) is 8.40. The summed E-state index contributed by atoms with van der Waals surface area (Å²) in [6, 6.07) is 23.8. The molecule has 6 heteroatoms. The molecule has 3 aromatic carbocycles. The fraction of sp³-hybridized carbons (Fsp3) is 0.185. The summed E-state index contributed by atoms with van der Waals surface area (Å²) in [5.41, 5.74) is 5.51. The van der Waals surface area contributed by atoms with Gasteiger partial charge in [-0.3, -0.25) is 14.7 Å². The van der Waals surface area contributed by atoms with Gasteiger partial charge in [0.1, 0.15) is 0 Å². The van der Waals surface area contributed by atoms with Gasteiger partial charge in [-0.15, -0.1) is 0 Å². The van der Waals surface area contributed by atoms with E-state index >= 15 is 0 Å². The number of amides is 1. The minimum absolute atomic E-state index is 0.134. The molecule has 0 unspecified atom stereocenters. The van der Waals surface area contributed by atoms with Crippen molar-refractivity contribution in [1.82, 2.24) is 9.88 Å². The van der Waals surface area contributed by atoms with Crippen LogP contribution in [0.4, 0.5) is 5.69 Å². The van der Waals surface area contributed by atoms with Crippen LogP contribution in [0, 0.1) is 0 Å². The van der Waals surface area contributed by atoms with Gasteiger partial charge >= 0.3 is 0 Å². The smallest absolute Gasteiger partial charge is 0.256 e. The molecule has 1 amide bonds. The van der Waals surface area contributed by atoms with Gasteiger partial charge in [-0.2, -0.15) is 0 Å². The first kappa shape index (κ1) is 19.8. The molecule has 6 rings (SSSR count). The third kappa shape index (κ3) is 3.79. The second kappa shape index (κ2) is 8.22. The van der Waals surface area contributed by atoms with Gasteiger partial charge in [-0.05, 0) is 23.8 Å². The van der Waals surface area contributed by atoms with Crippen LogP contribution in [0.25, 0.3) is 10.9 Å². The number of carbonyl (C=O) groups is 1. The number of pyridine rings is 1. The summed E-state index contributed by atoms with van der Waals surface area (Å²) in [6.07, 6.45) is 0.817. The minimum atomic E-state index is -0.134. The quantitative estimate of drug-likeness (QED) is 0.498. The molecular formula is C27H23N3O3. The zero-order valence-corrected chi connectivity index (χ0v) is 18.1. The molecular weight excluding hydrogens is 414 g/mol. The minimum Gasteiger partial charge on any atom is -0.454 e. The first-order chi connectivity index (χ1) is 16.2. The van der Waals surface area contributed by atoms with Crippen molar-refractivity contribution in [3.05, 3.63) is 95.2 Å². The van der Waals surface area contributed by atoms with Gasteiger partial charge in [0.2, 0.25) is 6.79 Å². The molecule has 1 N–H and O–H groups in total. The third-order valence-corrected chi connectivity index (χ3v) is 6.23. The number of para-hydroxylation sites is 1. The van der Waals surface area contributed by atoms with Crippen LogP contribution >= 0.6 is 0 Å². The number of anilines is 1. The molecule has 0 fully saturated rings. The molecule has 33 heavy (non-hydrogen) atoms. The molecule has 6 nitrogen and oxygen atoms in total. The molecule has 0 spiro atoms. The van der Waals surface area contributed by atoms with Crippen molar-refractivity contribution in [1.29, 1.82) is 0 Å². The second-order valence-electron chi connectivity index (χ2n) is 8.40. The maximum atomic E-state index is 13.6. The average Bonchev–Trinajstić information content (AvgIpc) is 3.31. The number of hydrogen-bond acceptors (Lipinski definition) is 5. The largest absolute Gasteiger partial charge is 0.454 e. The number of rotatable bonds is 4. The van der Waals surface area contributed by atoms with Crippen LogP contribution in [0.5, 0.6) is 11.5 Å². The molecule has 0 saturated heterocycles. The van der Waals surface area contributed by atoms with Crippen molar-refractivity contribution in [2.24, 2.45) is 0 Å². The molecule has 0 atom stereocenters. The summed E-state index contributed by atoms with van der Waals surface area (Å²) < 4.78 is 10.9. The van der Waals surface area contributed by atoms with Crippen LogP contribution < -0.4 is 14.8 Å². The lowest BCUT2D eigenvalue weighted by Gasteiger charge is -2.30. The number of carbonyl (C=O) groups excluding carboxylic acids is 1. The van der Waals surface area contributed by atoms with Crippen molar-refractivity contribution in [3.63, 3.8) is 0 Å². The SMILES string of the molecule is O=C(Nc1ccc2c(c1)OCO2)c1c2c(nc3ccccc13)CCN(Cc1ccccc1)C2. The maximum absolute atomic E-state index is 13.6. The van der Waals surface area contributed by atoms with Crippen molar-refractivity contribution in [2.75, 3.05) is 18.7 Å². The summed E-state index contributed by atoms with van der Waals surface area (Å²) in [4.78, 5) is 20.9. The summed E-state index contributed by atoms with van der Waals surface area (Å²) in [5, 5.41) is 3.95. The van der Waals surface area contributed by atoms with Crippen molar-refractivity contribution in [3.8, 4) is 11.5 Å². The van der Waals surface area contributed by atoms with Gasteiger partial charge in [-0.1, -0.05) is 48.5 Å². The highest BCUT2D eigenvalue weighted by Gasteiger charge is 2.26. The van der Waals surface area contributed by atoms with Crippen molar-refractivity contribution >= 4 is 22.5 Å². The Morgan fingerprint density at radius 3 is 2.70 bits per heavy atom. The summed E-state index contributed by atoms with van der Waals surface area (Å²) in [6.45, 7) is 2.64. The van der Waals surface area contributed by atoms with E-state index in [-0.39, 0.29) is 12.7 Å². The predicted octanol–water partition coefficient (Wildman–Crippen LogP) is 4.77. The Hall–Kier alpha value is -3.90. The summed E-state index contributed by atoms with van der Waals surface area (Å²) in [5.74, 6) is 1.20. The molecule has 2 aliphatic rings. The van der Waals surface area contributed by atoms with Gasteiger partial charge in [0.05, 0.1) is 11.1 Å². The van der Waals surface area contributed by atoms with Gasteiger partial charge in [0.15, 0.2) is 11.5 Å². The number of nitrogens with zero attached hydrogens (tertiary/aromatic N) is 2. The highest BCUT2D eigenvalue weighted by atomic mass is 16.7. The predicted molar refractivity (Wildman–Crippen MR) is 127 cm³/mol. The van der Waals surface area contributed by atoms with Gasteiger partial charge in [0, 0.05) is 54.5 Å². The highest BCUT2D eigenvalue weighted by molar-refractivity contribution is 6.13. The first-order valence-corrected chi connectivity index (χ1v) is 11.1. The number of hydrogen-bond donors (Lipinski definition) is 1. The fourth-order valence-electron chi connectivity index (χ4n) is 4.65. The number of benzene rings is 3. The van der Waals surface area contributed by atoms with E-state index in [0.29, 0.717) is 29.3 Å². The first-order valence-electron chi connectivity index (χ1n) is 11.1. The molecule has 0 aliphatic carbocycles. The Bertz CT molecular complexity index is 1350. The monoisotopic (exact) mass is 437 g/mol. The normalized spacial score (nSPS) is 14.8. The van der Waals surface area contributed by atoms with E-state index in [0.717, 1.165) is 41.7 Å². The van der Waals surface area contributed by atoms with Crippen LogP contribution in [0.2, 0.25) is 0 Å². The molecule has 1 aromatic heterocycles. The lowest BCUT2D eigenvalue weighted by molar-refractivity contribution is 0.102. The Kier molecular flexibility index (Phi) is 4.92. The van der Waals surface area contributed by atoms with Crippen LogP contribution in [-0.2, 0) is 19.5 Å². The van der Waals surface area contributed by atoms with Crippen molar-refractivity contribution in [2.45, 2.75) is 19.5 Å². The van der Waals surface area contributed by atoms with Gasteiger partial charge in [0.25, 0.3) is 5.91 Å². The summed E-state index contributed by atoms with van der Waals surface area (Å²) >= 11 is 0. The number of fused-ring (bicyclic) bond motifs is 3. The molecule has 0 saturated carbocycles. The maximum Gasteiger partial charge on any atom is 0.256 e. The molecule has 0 radical (unpaired) electrons. The van der Waals surface area contributed by atoms with E-state index in [2.05, 4.69) is 34.5 Å². The van der Waals surface area contributed by atoms with Gasteiger partial charge in [-0.25, -0.2) is 0 Å². The number of ether oxygens (including phenoxy) is 2. The number of nitrogens with one attached hydrogen (secondary N) is 1. The molecule has 0 bridgehead atoms. The molecule has 164 valence electrons. The van der Waals surface area contributed by atoms with E-state index in [1.165, 1.54) is 5.56 Å². The van der Waals surface area contributed by atoms with E-state index < -0.39 is 0 Å². The fourth-order valence-corrected chi connectivity index (χ4v) is 4.65. The molecule has 3 heterocycles. The van der Waals surface area contributed by atoms with Crippen LogP contribution in [-0.4, -0.2) is 29.1 Å². The Labute approximate surface area is 191 Å². The third-order valence-electron chi connectivity index (χ3n) is 6.23. The van der Waals surface area contributed by atoms with Gasteiger partial charge < -0.3 is 14.8 Å². The highest BCUT2D eigenvalue weighted by Crippen LogP contribution is 2.35. The topological polar surface area (TPSA) is 63.7 Å². The number of aromatic nitrogens is 1.